The minimum atomic E-state index is -1.35. The van der Waals surface area contributed by atoms with E-state index in [1.807, 2.05) is 0 Å². The first-order valence-corrected chi connectivity index (χ1v) is 10.7. The molecule has 0 aromatic carbocycles. The maximum atomic E-state index is 11.2. The van der Waals surface area contributed by atoms with Crippen LogP contribution >= 0.6 is 0 Å². The predicted molar refractivity (Wildman–Crippen MR) is 122 cm³/mol. The Morgan fingerprint density at radius 1 is 0.441 bits per heavy atom. The zero-order valence-corrected chi connectivity index (χ0v) is 25.8. The maximum absolute atomic E-state index is 11.2. The molecule has 192 valence electrons. The molecule has 0 saturated carbocycles. The Morgan fingerprint density at radius 2 is 0.559 bits per heavy atom. The second-order valence-electron chi connectivity index (χ2n) is 10.3. The fraction of sp³-hybridized carbons (Fsp3) is 0.750. The van der Waals surface area contributed by atoms with E-state index in [0.717, 1.165) is 0 Å². The third kappa shape index (κ3) is 12.1. The first-order chi connectivity index (χ1) is 14.4. The summed E-state index contributed by atoms with van der Waals surface area (Å²) < 4.78 is 0. The normalized spacial score (nSPS) is 11.4. The van der Waals surface area contributed by atoms with Crippen molar-refractivity contribution in [2.45, 2.75) is 83.1 Å². The molecule has 9 nitrogen and oxygen atoms in total. The van der Waals surface area contributed by atoms with Gasteiger partial charge in [-0.3, -0.25) is 14.4 Å². The third-order valence-electron chi connectivity index (χ3n) is 4.95. The zero-order valence-electron chi connectivity index (χ0n) is 22.5. The van der Waals surface area contributed by atoms with E-state index in [1.165, 1.54) is 41.5 Å². The van der Waals surface area contributed by atoms with Gasteiger partial charge in [-0.05, 0) is 41.5 Å². The van der Waals surface area contributed by atoms with Crippen LogP contribution in [0, 0.1) is 34.0 Å². The number of ketones is 3. The van der Waals surface area contributed by atoms with Gasteiger partial charge in [0, 0.05) is 17.8 Å². The standard InChI is InChI=1S/3C8H14O3.In/c3*1-5(2)6(9)8(3,4)7(10)11;/h3*5H,1-4H3,(H,10,11);/q;;;+3/p-3. The average Bonchev–Trinajstić information content (AvgIpc) is 2.66. The molecule has 0 heterocycles. The summed E-state index contributed by atoms with van der Waals surface area (Å²) in [5.74, 6) is -5.59. The summed E-state index contributed by atoms with van der Waals surface area (Å²) >= 11 is 0. The van der Waals surface area contributed by atoms with Crippen LogP contribution in [0.3, 0.4) is 0 Å². The van der Waals surface area contributed by atoms with Crippen LogP contribution in [0.2, 0.25) is 0 Å². The molecule has 0 fully saturated rings. The summed E-state index contributed by atoms with van der Waals surface area (Å²) in [5.41, 5.74) is -4.06. The minimum Gasteiger partial charge on any atom is -0.549 e. The molecule has 0 aliphatic carbocycles. The van der Waals surface area contributed by atoms with Crippen molar-refractivity contribution in [2.75, 3.05) is 0 Å². The first-order valence-electron chi connectivity index (χ1n) is 10.7. The number of hydrogen-bond acceptors (Lipinski definition) is 9. The number of carbonyl (C=O) groups is 6. The fourth-order valence-electron chi connectivity index (χ4n) is 2.47. The van der Waals surface area contributed by atoms with Gasteiger partial charge in [0.2, 0.25) is 0 Å². The van der Waals surface area contributed by atoms with Crippen molar-refractivity contribution < 1.29 is 44.1 Å². The van der Waals surface area contributed by atoms with Crippen LogP contribution < -0.4 is 15.3 Å². The van der Waals surface area contributed by atoms with Crippen molar-refractivity contribution in [3.63, 3.8) is 0 Å². The van der Waals surface area contributed by atoms with E-state index >= 15 is 0 Å². The Kier molecular flexibility index (Phi) is 17.8. The molecule has 0 aromatic rings. The molecule has 0 aliphatic heterocycles. The number of hydrogen-bond donors (Lipinski definition) is 0. The van der Waals surface area contributed by atoms with E-state index in [4.69, 9.17) is 0 Å². The van der Waals surface area contributed by atoms with Gasteiger partial charge in [0.15, 0.2) is 0 Å². The zero-order chi connectivity index (χ0) is 27.7. The fourth-order valence-corrected chi connectivity index (χ4v) is 2.47. The van der Waals surface area contributed by atoms with Crippen LogP contribution in [0.5, 0.6) is 0 Å². The van der Waals surface area contributed by atoms with Crippen molar-refractivity contribution in [3.05, 3.63) is 0 Å². The summed E-state index contributed by atoms with van der Waals surface area (Å²) in [6.45, 7) is 18.2. The quantitative estimate of drug-likeness (QED) is 0.326. The van der Waals surface area contributed by atoms with Crippen LogP contribution in [-0.2, 0) is 28.8 Å². The van der Waals surface area contributed by atoms with E-state index in [2.05, 4.69) is 0 Å². The summed E-state index contributed by atoms with van der Waals surface area (Å²) in [4.78, 5) is 64.9. The summed E-state index contributed by atoms with van der Waals surface area (Å²) in [5, 5.41) is 31.3. The van der Waals surface area contributed by atoms with Gasteiger partial charge in [-0.15, -0.1) is 0 Å². The Labute approximate surface area is 221 Å². The van der Waals surface area contributed by atoms with Crippen LogP contribution in [0.1, 0.15) is 83.1 Å². The van der Waals surface area contributed by atoms with E-state index in [0.29, 0.717) is 0 Å². The van der Waals surface area contributed by atoms with Gasteiger partial charge in [0.1, 0.15) is 17.3 Å². The molecule has 0 rings (SSSR count). The second-order valence-corrected chi connectivity index (χ2v) is 10.3. The predicted octanol–water partition coefficient (Wildman–Crippen LogP) is -0.418. The molecule has 0 bridgehead atoms. The SMILES string of the molecule is CC(C)C(=O)C(C)(C)C(=O)[O-].CC(C)C(=O)C(C)(C)C(=O)[O-].CC(C)C(=O)C(C)(C)C(=O)[O-].[In+3]. The molecule has 0 spiro atoms. The molecule has 0 amide bonds. The number of Topliss-reactive ketones (excluding diaryl/α,β-unsaturated/α-hetero) is 3. The smallest absolute Gasteiger partial charge is 0.549 e. The molecule has 0 unspecified atom stereocenters. The summed E-state index contributed by atoms with van der Waals surface area (Å²) in [6, 6.07) is 0. The Balaban J connectivity index is -0.000000196. The molecule has 0 radical (unpaired) electrons. The van der Waals surface area contributed by atoms with Gasteiger partial charge in [0.05, 0.1) is 34.2 Å². The molecule has 0 atom stereocenters. The van der Waals surface area contributed by atoms with Crippen molar-refractivity contribution in [1.82, 2.24) is 0 Å². The average molecular weight is 586 g/mol. The van der Waals surface area contributed by atoms with Crippen LogP contribution in [0.25, 0.3) is 0 Å². The Bertz CT molecular complexity index is 646. The van der Waals surface area contributed by atoms with Crippen LogP contribution in [0.4, 0.5) is 0 Å². The van der Waals surface area contributed by atoms with E-state index in [9.17, 15) is 44.1 Å². The number of carboxylic acid groups (broad SMARTS) is 3. The van der Waals surface area contributed by atoms with Gasteiger partial charge in [-0.1, -0.05) is 41.5 Å². The van der Waals surface area contributed by atoms with Gasteiger partial charge in [-0.25, -0.2) is 0 Å². The van der Waals surface area contributed by atoms with E-state index in [1.54, 1.807) is 41.5 Å². The molecule has 34 heavy (non-hydrogen) atoms. The summed E-state index contributed by atoms with van der Waals surface area (Å²) in [7, 11) is 0. The minimum absolute atomic E-state index is 0. The summed E-state index contributed by atoms with van der Waals surface area (Å²) in [6.07, 6.45) is 0. The number of aliphatic carboxylic acids is 3. The monoisotopic (exact) mass is 586 g/mol. The van der Waals surface area contributed by atoms with Crippen molar-refractivity contribution >= 4 is 61.1 Å². The topological polar surface area (TPSA) is 172 Å². The molecule has 0 saturated heterocycles. The Morgan fingerprint density at radius 3 is 0.588 bits per heavy atom. The second kappa shape index (κ2) is 15.3. The Hall–Kier alpha value is -1.71. The number of carboxylic acids is 3. The van der Waals surface area contributed by atoms with Gasteiger partial charge in [-0.2, -0.15) is 0 Å². The molecular formula is C24H39InO9. The van der Waals surface area contributed by atoms with Gasteiger partial charge >= 0.3 is 25.8 Å². The molecule has 0 aliphatic rings. The van der Waals surface area contributed by atoms with Crippen molar-refractivity contribution in [1.29, 1.82) is 0 Å². The molecular weight excluding hydrogens is 547 g/mol. The third-order valence-corrected chi connectivity index (χ3v) is 4.95. The molecule has 0 N–H and O–H groups in total. The first kappa shape index (κ1) is 39.5. The van der Waals surface area contributed by atoms with Crippen molar-refractivity contribution in [2.24, 2.45) is 34.0 Å². The van der Waals surface area contributed by atoms with Gasteiger partial charge < -0.3 is 29.7 Å². The van der Waals surface area contributed by atoms with Crippen LogP contribution in [-0.4, -0.2) is 61.1 Å². The van der Waals surface area contributed by atoms with Crippen LogP contribution in [0.15, 0.2) is 0 Å². The molecule has 10 heteroatoms. The van der Waals surface area contributed by atoms with E-state index in [-0.39, 0.29) is 60.9 Å². The van der Waals surface area contributed by atoms with Crippen molar-refractivity contribution in [3.8, 4) is 0 Å². The van der Waals surface area contributed by atoms with Gasteiger partial charge in [0.25, 0.3) is 0 Å². The maximum Gasteiger partial charge on any atom is 3.00 e. The largest absolute Gasteiger partial charge is 3.00 e. The molecule has 0 aromatic heterocycles. The number of rotatable bonds is 9. The van der Waals surface area contributed by atoms with E-state index < -0.39 is 34.2 Å². The number of carbonyl (C=O) groups excluding carboxylic acids is 6.